The highest BCUT2D eigenvalue weighted by molar-refractivity contribution is 4.89. The van der Waals surface area contributed by atoms with E-state index in [-0.39, 0.29) is 5.41 Å². The molecule has 0 aromatic carbocycles. The zero-order valence-corrected chi connectivity index (χ0v) is 10.1. The zero-order valence-electron chi connectivity index (χ0n) is 10.1. The molecule has 2 nitrogen and oxygen atoms in total. The Hall–Kier alpha value is -0.0800. The Kier molecular flexibility index (Phi) is 3.68. The minimum Gasteiger partial charge on any atom is -0.378 e. The van der Waals surface area contributed by atoms with Crippen molar-refractivity contribution in [3.05, 3.63) is 0 Å². The average Bonchev–Trinajstić information content (AvgIpc) is 3.11. The van der Waals surface area contributed by atoms with Gasteiger partial charge in [-0.3, -0.25) is 0 Å². The fourth-order valence-electron chi connectivity index (χ4n) is 2.41. The van der Waals surface area contributed by atoms with Crippen molar-refractivity contribution in [1.82, 2.24) is 0 Å². The van der Waals surface area contributed by atoms with Crippen LogP contribution in [0.15, 0.2) is 0 Å². The summed E-state index contributed by atoms with van der Waals surface area (Å²) in [4.78, 5) is 0. The lowest BCUT2D eigenvalue weighted by atomic mass is 9.85. The SMILES string of the molecule is CCC(C)(COC1CCCCC1)C1CO1. The molecule has 0 amide bonds. The van der Waals surface area contributed by atoms with Crippen molar-refractivity contribution in [1.29, 1.82) is 0 Å². The van der Waals surface area contributed by atoms with Gasteiger partial charge in [0, 0.05) is 5.41 Å². The Balaban J connectivity index is 1.74. The molecule has 1 aliphatic carbocycles. The highest BCUT2D eigenvalue weighted by Gasteiger charge is 2.42. The van der Waals surface area contributed by atoms with Crippen LogP contribution in [0.5, 0.6) is 0 Å². The predicted molar refractivity (Wildman–Crippen MR) is 61.0 cm³/mol. The van der Waals surface area contributed by atoms with Gasteiger partial charge >= 0.3 is 0 Å². The average molecular weight is 212 g/mol. The first-order chi connectivity index (χ1) is 7.24. The van der Waals surface area contributed by atoms with Gasteiger partial charge in [0.15, 0.2) is 0 Å². The van der Waals surface area contributed by atoms with E-state index in [9.17, 15) is 0 Å². The van der Waals surface area contributed by atoms with E-state index in [4.69, 9.17) is 9.47 Å². The Bertz CT molecular complexity index is 195. The third-order valence-electron chi connectivity index (χ3n) is 4.12. The van der Waals surface area contributed by atoms with Gasteiger partial charge in [-0.2, -0.15) is 0 Å². The van der Waals surface area contributed by atoms with Crippen LogP contribution in [0.1, 0.15) is 52.4 Å². The molecule has 0 bridgehead atoms. The molecule has 1 saturated carbocycles. The maximum Gasteiger partial charge on any atom is 0.0885 e. The Morgan fingerprint density at radius 1 is 1.27 bits per heavy atom. The molecule has 2 aliphatic rings. The van der Waals surface area contributed by atoms with Crippen LogP contribution >= 0.6 is 0 Å². The normalized spacial score (nSPS) is 31.2. The van der Waals surface area contributed by atoms with Crippen LogP contribution in [0.25, 0.3) is 0 Å². The summed E-state index contributed by atoms with van der Waals surface area (Å²) >= 11 is 0. The van der Waals surface area contributed by atoms with E-state index in [0.29, 0.717) is 12.2 Å². The Labute approximate surface area is 93.3 Å². The first-order valence-electron chi connectivity index (χ1n) is 6.48. The number of ether oxygens (including phenoxy) is 2. The van der Waals surface area contributed by atoms with Crippen molar-refractivity contribution in [3.63, 3.8) is 0 Å². The van der Waals surface area contributed by atoms with Gasteiger partial charge < -0.3 is 9.47 Å². The topological polar surface area (TPSA) is 21.8 Å². The summed E-state index contributed by atoms with van der Waals surface area (Å²) < 4.78 is 11.5. The van der Waals surface area contributed by atoms with Crippen LogP contribution in [0.2, 0.25) is 0 Å². The second-order valence-electron chi connectivity index (χ2n) is 5.40. The molecule has 88 valence electrons. The number of epoxide rings is 1. The summed E-state index contributed by atoms with van der Waals surface area (Å²) in [5.41, 5.74) is 0.261. The Morgan fingerprint density at radius 3 is 2.47 bits per heavy atom. The molecule has 1 aliphatic heterocycles. The third kappa shape index (κ3) is 2.94. The monoisotopic (exact) mass is 212 g/mol. The smallest absolute Gasteiger partial charge is 0.0885 e. The summed E-state index contributed by atoms with van der Waals surface area (Å²) in [5, 5.41) is 0. The van der Waals surface area contributed by atoms with Crippen LogP contribution in [-0.2, 0) is 9.47 Å². The molecule has 0 spiro atoms. The molecule has 2 heteroatoms. The van der Waals surface area contributed by atoms with Gasteiger partial charge in [0.05, 0.1) is 25.4 Å². The van der Waals surface area contributed by atoms with E-state index < -0.39 is 0 Å². The molecule has 0 aromatic heterocycles. The lowest BCUT2D eigenvalue weighted by molar-refractivity contribution is -0.0301. The van der Waals surface area contributed by atoms with Gasteiger partial charge in [-0.05, 0) is 19.3 Å². The molecule has 0 N–H and O–H groups in total. The number of rotatable bonds is 5. The van der Waals surface area contributed by atoms with Crippen LogP contribution in [0, 0.1) is 5.41 Å². The second kappa shape index (κ2) is 4.84. The van der Waals surface area contributed by atoms with E-state index in [0.717, 1.165) is 19.6 Å². The highest BCUT2D eigenvalue weighted by atomic mass is 16.6. The fraction of sp³-hybridized carbons (Fsp3) is 1.00. The predicted octanol–water partition coefficient (Wildman–Crippen LogP) is 3.15. The third-order valence-corrected chi connectivity index (χ3v) is 4.12. The maximum absolute atomic E-state index is 6.06. The number of hydrogen-bond donors (Lipinski definition) is 0. The van der Waals surface area contributed by atoms with Crippen LogP contribution in [0.3, 0.4) is 0 Å². The molecule has 2 unspecified atom stereocenters. The van der Waals surface area contributed by atoms with Crippen molar-refractivity contribution in [2.75, 3.05) is 13.2 Å². The van der Waals surface area contributed by atoms with Gasteiger partial charge in [-0.25, -0.2) is 0 Å². The minimum atomic E-state index is 0.261. The minimum absolute atomic E-state index is 0.261. The number of hydrogen-bond acceptors (Lipinski definition) is 2. The summed E-state index contributed by atoms with van der Waals surface area (Å²) in [6.07, 6.45) is 8.80. The maximum atomic E-state index is 6.06. The first kappa shape index (κ1) is 11.4. The second-order valence-corrected chi connectivity index (χ2v) is 5.40. The standard InChI is InChI=1S/C13H24O2/c1-3-13(2,12-9-14-12)10-15-11-7-5-4-6-8-11/h11-12H,3-10H2,1-2H3. The first-order valence-corrected chi connectivity index (χ1v) is 6.48. The van der Waals surface area contributed by atoms with E-state index in [1.165, 1.54) is 32.1 Å². The molecule has 2 rings (SSSR count). The molecule has 0 aromatic rings. The van der Waals surface area contributed by atoms with Crippen molar-refractivity contribution in [2.45, 2.75) is 64.6 Å². The molecule has 2 fully saturated rings. The van der Waals surface area contributed by atoms with Crippen molar-refractivity contribution >= 4 is 0 Å². The summed E-state index contributed by atoms with van der Waals surface area (Å²) in [6.45, 7) is 6.37. The van der Waals surface area contributed by atoms with Gasteiger partial charge in [0.25, 0.3) is 0 Å². The lowest BCUT2D eigenvalue weighted by Gasteiger charge is -2.30. The van der Waals surface area contributed by atoms with Crippen molar-refractivity contribution in [2.24, 2.45) is 5.41 Å². The van der Waals surface area contributed by atoms with Gasteiger partial charge in [-0.15, -0.1) is 0 Å². The molecule has 0 radical (unpaired) electrons. The Morgan fingerprint density at radius 2 is 1.93 bits per heavy atom. The zero-order chi connectivity index (χ0) is 10.7. The summed E-state index contributed by atoms with van der Waals surface area (Å²) in [7, 11) is 0. The highest BCUT2D eigenvalue weighted by Crippen LogP contribution is 2.36. The molecular weight excluding hydrogens is 188 g/mol. The molecule has 1 heterocycles. The summed E-state index contributed by atoms with van der Waals surface area (Å²) in [6, 6.07) is 0. The largest absolute Gasteiger partial charge is 0.378 e. The van der Waals surface area contributed by atoms with E-state index in [1.54, 1.807) is 0 Å². The van der Waals surface area contributed by atoms with Crippen molar-refractivity contribution in [3.8, 4) is 0 Å². The fourth-order valence-corrected chi connectivity index (χ4v) is 2.41. The molecule has 15 heavy (non-hydrogen) atoms. The quantitative estimate of drug-likeness (QED) is 0.653. The molecular formula is C13H24O2. The molecule has 2 atom stereocenters. The van der Waals surface area contributed by atoms with E-state index in [2.05, 4.69) is 13.8 Å². The van der Waals surface area contributed by atoms with Crippen LogP contribution in [0.4, 0.5) is 0 Å². The van der Waals surface area contributed by atoms with Gasteiger partial charge in [-0.1, -0.05) is 33.1 Å². The summed E-state index contributed by atoms with van der Waals surface area (Å²) in [5.74, 6) is 0. The lowest BCUT2D eigenvalue weighted by Crippen LogP contribution is -2.32. The molecule has 1 saturated heterocycles. The van der Waals surface area contributed by atoms with Crippen LogP contribution in [-0.4, -0.2) is 25.4 Å². The van der Waals surface area contributed by atoms with Gasteiger partial charge in [0.1, 0.15) is 0 Å². The van der Waals surface area contributed by atoms with E-state index in [1.807, 2.05) is 0 Å². The van der Waals surface area contributed by atoms with Gasteiger partial charge in [0.2, 0.25) is 0 Å². The van der Waals surface area contributed by atoms with Crippen LogP contribution < -0.4 is 0 Å². The van der Waals surface area contributed by atoms with E-state index >= 15 is 0 Å². The van der Waals surface area contributed by atoms with Crippen molar-refractivity contribution < 1.29 is 9.47 Å².